The van der Waals surface area contributed by atoms with E-state index in [1.807, 2.05) is 18.3 Å². The average Bonchev–Trinajstić information content (AvgIpc) is 3.04. The van der Waals surface area contributed by atoms with Gasteiger partial charge in [0.1, 0.15) is 5.65 Å². The van der Waals surface area contributed by atoms with Gasteiger partial charge in [-0.15, -0.1) is 0 Å². The van der Waals surface area contributed by atoms with Gasteiger partial charge in [-0.3, -0.25) is 0 Å². The molecule has 3 heterocycles. The lowest BCUT2D eigenvalue weighted by molar-refractivity contribution is 0.589. The van der Waals surface area contributed by atoms with Crippen molar-refractivity contribution in [3.63, 3.8) is 0 Å². The molecule has 5 nitrogen and oxygen atoms in total. The van der Waals surface area contributed by atoms with Crippen LogP contribution in [0.1, 0.15) is 18.3 Å². The number of piperazine rings is 1. The predicted molar refractivity (Wildman–Crippen MR) is 108 cm³/mol. The number of aryl methyl sites for hydroxylation is 1. The molecule has 2 N–H and O–H groups in total. The highest BCUT2D eigenvalue weighted by molar-refractivity contribution is 6.30. The quantitative estimate of drug-likeness (QED) is 0.721. The minimum atomic E-state index is 0.720. The minimum absolute atomic E-state index is 0.720. The molecule has 0 aliphatic carbocycles. The maximum absolute atomic E-state index is 6.17. The molecule has 1 aliphatic heterocycles. The molecule has 0 unspecified atom stereocenters. The fourth-order valence-corrected chi connectivity index (χ4v) is 3.65. The lowest BCUT2D eigenvalue weighted by Gasteiger charge is -2.29. The van der Waals surface area contributed by atoms with Crippen LogP contribution in [-0.2, 0) is 13.0 Å². The second kappa shape index (κ2) is 7.56. The molecule has 0 saturated carbocycles. The van der Waals surface area contributed by atoms with Crippen LogP contribution in [0, 0.1) is 0 Å². The van der Waals surface area contributed by atoms with Gasteiger partial charge in [0.2, 0.25) is 0 Å². The van der Waals surface area contributed by atoms with E-state index in [1.165, 1.54) is 5.69 Å². The molecule has 0 amide bonds. The second-order valence-corrected chi connectivity index (χ2v) is 7.01. The Labute approximate surface area is 159 Å². The van der Waals surface area contributed by atoms with Crippen molar-refractivity contribution in [1.82, 2.24) is 14.7 Å². The summed E-state index contributed by atoms with van der Waals surface area (Å²) in [5.41, 5.74) is 5.61. The summed E-state index contributed by atoms with van der Waals surface area (Å²) < 4.78 is 2.09. The molecule has 6 heteroatoms. The molecule has 2 aromatic heterocycles. The Bertz CT molecular complexity index is 881. The van der Waals surface area contributed by atoms with E-state index in [-0.39, 0.29) is 0 Å². The first-order chi connectivity index (χ1) is 12.7. The number of fused-ring (bicyclic) bond motifs is 1. The van der Waals surface area contributed by atoms with Crippen molar-refractivity contribution in [2.45, 2.75) is 19.9 Å². The molecule has 1 aliphatic rings. The zero-order valence-electron chi connectivity index (χ0n) is 15.0. The number of nitrogens with zero attached hydrogens (tertiary/aromatic N) is 3. The Balaban J connectivity index is 1.50. The van der Waals surface area contributed by atoms with Gasteiger partial charge in [-0.2, -0.15) is 0 Å². The third-order valence-electron chi connectivity index (χ3n) is 4.91. The molecule has 0 bridgehead atoms. The number of hydrogen-bond donors (Lipinski definition) is 2. The zero-order valence-corrected chi connectivity index (χ0v) is 15.8. The Morgan fingerprint density at radius 3 is 2.62 bits per heavy atom. The molecule has 0 spiro atoms. The molecule has 1 fully saturated rings. The van der Waals surface area contributed by atoms with Crippen molar-refractivity contribution >= 4 is 28.6 Å². The molecule has 1 aromatic carbocycles. The number of rotatable bonds is 5. The van der Waals surface area contributed by atoms with Crippen LogP contribution in [0.5, 0.6) is 0 Å². The topological polar surface area (TPSA) is 44.6 Å². The third-order valence-corrected chi connectivity index (χ3v) is 5.13. The number of imidazole rings is 1. The summed E-state index contributed by atoms with van der Waals surface area (Å²) in [7, 11) is 0. The lowest BCUT2D eigenvalue weighted by atomic mass is 10.2. The number of aromatic nitrogens is 2. The van der Waals surface area contributed by atoms with Gasteiger partial charge in [-0.25, -0.2) is 4.98 Å². The van der Waals surface area contributed by atoms with Gasteiger partial charge < -0.3 is 19.9 Å². The van der Waals surface area contributed by atoms with E-state index in [0.29, 0.717) is 0 Å². The highest BCUT2D eigenvalue weighted by atomic mass is 35.5. The SMILES string of the molecule is CCc1nc2ccc(Cl)cn2c1CNc1ccc(N2CCNCC2)cc1. The Hall–Kier alpha value is -2.24. The number of hydrogen-bond acceptors (Lipinski definition) is 4. The van der Waals surface area contributed by atoms with Gasteiger partial charge in [0.25, 0.3) is 0 Å². The smallest absolute Gasteiger partial charge is 0.137 e. The summed E-state index contributed by atoms with van der Waals surface area (Å²) in [6, 6.07) is 12.5. The van der Waals surface area contributed by atoms with Crippen molar-refractivity contribution in [3.05, 3.63) is 59.0 Å². The highest BCUT2D eigenvalue weighted by Gasteiger charge is 2.12. The summed E-state index contributed by atoms with van der Waals surface area (Å²) in [4.78, 5) is 7.13. The van der Waals surface area contributed by atoms with Crippen LogP contribution in [-0.4, -0.2) is 35.6 Å². The summed E-state index contributed by atoms with van der Waals surface area (Å²) in [6.07, 6.45) is 2.84. The van der Waals surface area contributed by atoms with Crippen LogP contribution in [0.2, 0.25) is 5.02 Å². The average molecular weight is 370 g/mol. The lowest BCUT2D eigenvalue weighted by Crippen LogP contribution is -2.43. The third kappa shape index (κ3) is 3.50. The van der Waals surface area contributed by atoms with Crippen molar-refractivity contribution in [1.29, 1.82) is 0 Å². The normalized spacial score (nSPS) is 14.8. The summed E-state index contributed by atoms with van der Waals surface area (Å²) in [5.74, 6) is 0. The maximum Gasteiger partial charge on any atom is 0.137 e. The van der Waals surface area contributed by atoms with Crippen LogP contribution in [0.3, 0.4) is 0 Å². The molecule has 1 saturated heterocycles. The van der Waals surface area contributed by atoms with Gasteiger partial charge in [0.05, 0.1) is 23.0 Å². The zero-order chi connectivity index (χ0) is 17.9. The molecule has 3 aromatic rings. The first kappa shape index (κ1) is 17.2. The van der Waals surface area contributed by atoms with E-state index in [4.69, 9.17) is 16.6 Å². The largest absolute Gasteiger partial charge is 0.379 e. The van der Waals surface area contributed by atoms with Crippen molar-refractivity contribution in [2.75, 3.05) is 36.4 Å². The predicted octanol–water partition coefficient (Wildman–Crippen LogP) is 3.57. The molecule has 0 atom stereocenters. The fraction of sp³-hybridized carbons (Fsp3) is 0.350. The van der Waals surface area contributed by atoms with Crippen LogP contribution in [0.25, 0.3) is 5.65 Å². The fourth-order valence-electron chi connectivity index (χ4n) is 3.49. The number of nitrogens with one attached hydrogen (secondary N) is 2. The molecule has 0 radical (unpaired) electrons. The highest BCUT2D eigenvalue weighted by Crippen LogP contribution is 2.21. The van der Waals surface area contributed by atoms with Gasteiger partial charge in [-0.05, 0) is 42.8 Å². The molecule has 136 valence electrons. The van der Waals surface area contributed by atoms with Crippen molar-refractivity contribution in [3.8, 4) is 0 Å². The van der Waals surface area contributed by atoms with Crippen LogP contribution in [0.4, 0.5) is 11.4 Å². The Morgan fingerprint density at radius 2 is 1.88 bits per heavy atom. The van der Waals surface area contributed by atoms with Gasteiger partial charge in [0.15, 0.2) is 0 Å². The van der Waals surface area contributed by atoms with E-state index >= 15 is 0 Å². The molecular weight excluding hydrogens is 346 g/mol. The van der Waals surface area contributed by atoms with Crippen LogP contribution < -0.4 is 15.5 Å². The summed E-state index contributed by atoms with van der Waals surface area (Å²) in [6.45, 7) is 7.09. The summed E-state index contributed by atoms with van der Waals surface area (Å²) >= 11 is 6.17. The van der Waals surface area contributed by atoms with Crippen LogP contribution >= 0.6 is 11.6 Å². The first-order valence-electron chi connectivity index (χ1n) is 9.19. The Kier molecular flexibility index (Phi) is 5.00. The van der Waals surface area contributed by atoms with E-state index in [0.717, 1.165) is 66.9 Å². The van der Waals surface area contributed by atoms with Gasteiger partial charge in [0, 0.05) is 43.8 Å². The van der Waals surface area contributed by atoms with Gasteiger partial charge >= 0.3 is 0 Å². The van der Waals surface area contributed by atoms with Crippen LogP contribution in [0.15, 0.2) is 42.6 Å². The molecule has 26 heavy (non-hydrogen) atoms. The van der Waals surface area contributed by atoms with E-state index in [2.05, 4.69) is 51.1 Å². The monoisotopic (exact) mass is 369 g/mol. The molecular formula is C20H24ClN5. The van der Waals surface area contributed by atoms with Gasteiger partial charge in [-0.1, -0.05) is 18.5 Å². The summed E-state index contributed by atoms with van der Waals surface area (Å²) in [5, 5.41) is 7.64. The first-order valence-corrected chi connectivity index (χ1v) is 9.57. The standard InChI is InChI=1S/C20H24ClN5/c1-2-18-19(26-14-15(21)3-8-20(26)24-18)13-23-16-4-6-17(7-5-16)25-11-9-22-10-12-25/h3-8,14,22-23H,2,9-13H2,1H3. The van der Waals surface area contributed by atoms with Crippen molar-refractivity contribution < 1.29 is 0 Å². The van der Waals surface area contributed by atoms with E-state index in [9.17, 15) is 0 Å². The Morgan fingerprint density at radius 1 is 1.12 bits per heavy atom. The molecule has 4 rings (SSSR count). The second-order valence-electron chi connectivity index (χ2n) is 6.57. The minimum Gasteiger partial charge on any atom is -0.379 e. The van der Waals surface area contributed by atoms with E-state index in [1.54, 1.807) is 0 Å². The number of pyridine rings is 1. The number of benzene rings is 1. The van der Waals surface area contributed by atoms with E-state index < -0.39 is 0 Å². The maximum atomic E-state index is 6.17. The van der Waals surface area contributed by atoms with Crippen molar-refractivity contribution in [2.24, 2.45) is 0 Å². The number of halogens is 1. The number of anilines is 2.